The van der Waals surface area contributed by atoms with Crippen LogP contribution in [0.3, 0.4) is 0 Å². The Morgan fingerprint density at radius 1 is 1.40 bits per heavy atom. The predicted molar refractivity (Wildman–Crippen MR) is 68.3 cm³/mol. The van der Waals surface area contributed by atoms with Crippen LogP contribution < -0.4 is 0 Å². The smallest absolute Gasteiger partial charge is 0.410 e. The molecule has 1 aromatic heterocycles. The largest absolute Gasteiger partial charge is 0.447 e. The van der Waals surface area contributed by atoms with Crippen molar-refractivity contribution in [3.05, 3.63) is 17.5 Å². The molecule has 7 nitrogen and oxygen atoms in total. The molecule has 1 N–H and O–H groups in total. The summed E-state index contributed by atoms with van der Waals surface area (Å²) < 4.78 is 5.00. The van der Waals surface area contributed by atoms with Gasteiger partial charge in [0.1, 0.15) is 12.3 Å². The number of H-pyrrole nitrogens is 1. The number of piperazine rings is 1. The maximum Gasteiger partial charge on any atom is 0.410 e. The first-order valence-corrected chi connectivity index (χ1v) is 7.00. The van der Waals surface area contributed by atoms with Crippen molar-refractivity contribution >= 4 is 12.0 Å². The van der Waals surface area contributed by atoms with Crippen LogP contribution in [0.5, 0.6) is 0 Å². The lowest BCUT2D eigenvalue weighted by Crippen LogP contribution is -2.53. The normalized spacial score (nSPS) is 25.6. The highest BCUT2D eigenvalue weighted by molar-refractivity contribution is 5.92. The average molecular weight is 276 g/mol. The van der Waals surface area contributed by atoms with E-state index in [9.17, 15) is 9.59 Å². The summed E-state index contributed by atoms with van der Waals surface area (Å²) in [6.07, 6.45) is 2.09. The van der Waals surface area contributed by atoms with Crippen LogP contribution in [0.2, 0.25) is 0 Å². The summed E-state index contributed by atoms with van der Waals surface area (Å²) in [5.74, 6) is 0.494. The van der Waals surface area contributed by atoms with Gasteiger partial charge in [-0.3, -0.25) is 14.8 Å². The Balaban J connectivity index is 1.47. The number of carbonyl (C=O) groups is 2. The van der Waals surface area contributed by atoms with Gasteiger partial charge in [0.05, 0.1) is 6.04 Å². The van der Waals surface area contributed by atoms with E-state index in [1.54, 1.807) is 9.80 Å². The molecule has 1 saturated carbocycles. The number of ether oxygens (including phenoxy) is 1. The fourth-order valence-corrected chi connectivity index (χ4v) is 2.88. The predicted octanol–water partition coefficient (Wildman–Crippen LogP) is 0.564. The summed E-state index contributed by atoms with van der Waals surface area (Å²) in [6.45, 7) is 1.97. The second kappa shape index (κ2) is 4.22. The van der Waals surface area contributed by atoms with Crippen LogP contribution in [0.15, 0.2) is 6.07 Å². The van der Waals surface area contributed by atoms with Crippen LogP contribution in [-0.4, -0.2) is 64.3 Å². The van der Waals surface area contributed by atoms with Crippen molar-refractivity contribution in [1.82, 2.24) is 20.0 Å². The number of nitrogens with zero attached hydrogens (tertiary/aromatic N) is 3. The minimum atomic E-state index is -0.266. The van der Waals surface area contributed by atoms with Crippen LogP contribution >= 0.6 is 0 Å². The molecular formula is C13H16N4O3. The van der Waals surface area contributed by atoms with E-state index < -0.39 is 0 Å². The number of rotatable bonds is 2. The summed E-state index contributed by atoms with van der Waals surface area (Å²) in [5, 5.41) is 7.08. The molecule has 3 heterocycles. The highest BCUT2D eigenvalue weighted by Crippen LogP contribution is 2.39. The van der Waals surface area contributed by atoms with Gasteiger partial charge in [0.15, 0.2) is 0 Å². The van der Waals surface area contributed by atoms with E-state index in [1.165, 1.54) is 12.8 Å². The van der Waals surface area contributed by atoms with Gasteiger partial charge in [-0.05, 0) is 18.9 Å². The Morgan fingerprint density at radius 2 is 2.25 bits per heavy atom. The molecule has 0 radical (unpaired) electrons. The number of hydrogen-bond acceptors (Lipinski definition) is 4. The number of hydrogen-bond donors (Lipinski definition) is 1. The number of cyclic esters (lactones) is 1. The quantitative estimate of drug-likeness (QED) is 0.856. The first-order chi connectivity index (χ1) is 9.72. The van der Waals surface area contributed by atoms with Crippen molar-refractivity contribution in [1.29, 1.82) is 0 Å². The fraction of sp³-hybridized carbons (Fsp3) is 0.615. The van der Waals surface area contributed by atoms with Crippen molar-refractivity contribution < 1.29 is 14.3 Å². The van der Waals surface area contributed by atoms with Gasteiger partial charge in [-0.2, -0.15) is 5.10 Å². The molecule has 3 aliphatic rings. The zero-order chi connectivity index (χ0) is 13.7. The van der Waals surface area contributed by atoms with Gasteiger partial charge in [-0.1, -0.05) is 0 Å². The number of aromatic amines is 1. The molecule has 7 heteroatoms. The maximum absolute atomic E-state index is 12.4. The zero-order valence-corrected chi connectivity index (χ0v) is 11.0. The summed E-state index contributed by atoms with van der Waals surface area (Å²) >= 11 is 0. The minimum Gasteiger partial charge on any atom is -0.447 e. The number of amides is 2. The van der Waals surface area contributed by atoms with E-state index >= 15 is 0 Å². The van der Waals surface area contributed by atoms with Gasteiger partial charge in [0.25, 0.3) is 5.91 Å². The van der Waals surface area contributed by atoms with Crippen LogP contribution in [-0.2, 0) is 4.74 Å². The third kappa shape index (κ3) is 1.85. The van der Waals surface area contributed by atoms with Gasteiger partial charge in [0, 0.05) is 31.2 Å². The second-order valence-electron chi connectivity index (χ2n) is 5.66. The molecule has 1 aromatic rings. The molecule has 0 aromatic carbocycles. The Morgan fingerprint density at radius 3 is 3.05 bits per heavy atom. The first-order valence-electron chi connectivity index (χ1n) is 7.00. The number of carbonyl (C=O) groups excluding carboxylic acids is 2. The van der Waals surface area contributed by atoms with Gasteiger partial charge < -0.3 is 9.64 Å². The molecule has 1 aliphatic carbocycles. The fourth-order valence-electron chi connectivity index (χ4n) is 2.88. The number of fused-ring (bicyclic) bond motifs is 1. The van der Waals surface area contributed by atoms with E-state index in [4.69, 9.17) is 4.74 Å². The van der Waals surface area contributed by atoms with Crippen molar-refractivity contribution in [2.24, 2.45) is 0 Å². The Hall–Kier alpha value is -2.05. The van der Waals surface area contributed by atoms with E-state index in [1.807, 2.05) is 6.07 Å². The van der Waals surface area contributed by atoms with Gasteiger partial charge in [0.2, 0.25) is 0 Å². The Kier molecular flexibility index (Phi) is 2.48. The highest BCUT2D eigenvalue weighted by Gasteiger charge is 2.39. The van der Waals surface area contributed by atoms with Gasteiger partial charge in [-0.15, -0.1) is 0 Å². The lowest BCUT2D eigenvalue weighted by molar-refractivity contribution is 0.0611. The molecular weight excluding hydrogens is 260 g/mol. The molecule has 2 saturated heterocycles. The lowest BCUT2D eigenvalue weighted by Gasteiger charge is -2.34. The molecule has 1 atom stereocenters. The Labute approximate surface area is 115 Å². The molecule has 0 spiro atoms. The van der Waals surface area contributed by atoms with Gasteiger partial charge in [-0.25, -0.2) is 4.79 Å². The highest BCUT2D eigenvalue weighted by atomic mass is 16.6. The number of nitrogens with one attached hydrogen (secondary N) is 1. The molecule has 20 heavy (non-hydrogen) atoms. The number of aromatic nitrogens is 2. The Bertz CT molecular complexity index is 566. The SMILES string of the molecule is O=C(c1cc(C2CC2)[nH]n1)N1CCN2C(=O)OC[C@@H]2C1. The van der Waals surface area contributed by atoms with Crippen molar-refractivity contribution in [2.45, 2.75) is 24.8 Å². The third-order valence-electron chi connectivity index (χ3n) is 4.24. The van der Waals surface area contributed by atoms with Crippen LogP contribution in [0.1, 0.15) is 34.9 Å². The summed E-state index contributed by atoms with van der Waals surface area (Å²) in [6, 6.07) is 1.85. The van der Waals surface area contributed by atoms with Crippen molar-refractivity contribution in [3.8, 4) is 0 Å². The molecule has 2 aliphatic heterocycles. The first kappa shape index (κ1) is 11.7. The summed E-state index contributed by atoms with van der Waals surface area (Å²) in [7, 11) is 0. The molecule has 106 valence electrons. The van der Waals surface area contributed by atoms with Crippen molar-refractivity contribution in [3.63, 3.8) is 0 Å². The minimum absolute atomic E-state index is 0.0120. The summed E-state index contributed by atoms with van der Waals surface area (Å²) in [5.41, 5.74) is 1.54. The van der Waals surface area contributed by atoms with Crippen LogP contribution in [0, 0.1) is 0 Å². The lowest BCUT2D eigenvalue weighted by atomic mass is 10.2. The molecule has 0 bridgehead atoms. The average Bonchev–Trinajstić information content (AvgIpc) is 3.09. The zero-order valence-electron chi connectivity index (χ0n) is 11.0. The summed E-state index contributed by atoms with van der Waals surface area (Å²) in [4.78, 5) is 27.3. The second-order valence-corrected chi connectivity index (χ2v) is 5.66. The van der Waals surface area contributed by atoms with Crippen LogP contribution in [0.4, 0.5) is 4.79 Å². The van der Waals surface area contributed by atoms with Gasteiger partial charge >= 0.3 is 6.09 Å². The van der Waals surface area contributed by atoms with E-state index in [-0.39, 0.29) is 18.0 Å². The standard InChI is InChI=1S/C13H16N4O3/c18-12(11-5-10(14-15-11)8-1-2-8)16-3-4-17-9(6-16)7-20-13(17)19/h5,8-9H,1-4,6-7H2,(H,14,15)/t9-/m0/s1. The topological polar surface area (TPSA) is 78.5 Å². The van der Waals surface area contributed by atoms with Crippen molar-refractivity contribution in [2.75, 3.05) is 26.2 Å². The molecule has 3 fully saturated rings. The third-order valence-corrected chi connectivity index (χ3v) is 4.24. The van der Waals surface area contributed by atoms with E-state index in [0.717, 1.165) is 5.69 Å². The van der Waals surface area contributed by atoms with Crippen LogP contribution in [0.25, 0.3) is 0 Å². The monoisotopic (exact) mass is 276 g/mol. The molecule has 0 unspecified atom stereocenters. The van der Waals surface area contributed by atoms with E-state index in [2.05, 4.69) is 10.2 Å². The molecule has 2 amide bonds. The van der Waals surface area contributed by atoms with E-state index in [0.29, 0.717) is 37.9 Å². The maximum atomic E-state index is 12.4. The molecule has 4 rings (SSSR count).